The molecule has 3 rings (SSSR count). The quantitative estimate of drug-likeness (QED) is 0.806. The molecule has 0 bridgehead atoms. The van der Waals surface area contributed by atoms with Crippen molar-refractivity contribution < 1.29 is 9.78 Å². The summed E-state index contributed by atoms with van der Waals surface area (Å²) >= 11 is 1.60. The molecule has 5 heteroatoms. The third kappa shape index (κ3) is 2.92. The Morgan fingerprint density at radius 1 is 1.29 bits per heavy atom. The fourth-order valence-corrected chi connectivity index (χ4v) is 2.88. The number of nitrogens with one attached hydrogen (secondary N) is 2. The predicted molar refractivity (Wildman–Crippen MR) is 85.1 cm³/mol. The molecule has 0 aliphatic heterocycles. The number of carbonyl (C=O) groups is 1. The van der Waals surface area contributed by atoms with Crippen LogP contribution in [0, 0.1) is 5.92 Å². The fourth-order valence-electron chi connectivity index (χ4n) is 1.95. The molecule has 2 aromatic heterocycles. The first-order valence-electron chi connectivity index (χ1n) is 6.82. The number of hydrogen-bond donors (Lipinski definition) is 1. The normalized spacial score (nSPS) is 11.0. The minimum absolute atomic E-state index is 0.0183. The van der Waals surface area contributed by atoms with Gasteiger partial charge in [0.05, 0.1) is 0 Å². The second kappa shape index (κ2) is 5.61. The van der Waals surface area contributed by atoms with Gasteiger partial charge in [-0.3, -0.25) is 4.79 Å². The van der Waals surface area contributed by atoms with Crippen molar-refractivity contribution in [3.05, 3.63) is 42.6 Å². The lowest BCUT2D eigenvalue weighted by Gasteiger charge is -2.08. The first-order chi connectivity index (χ1) is 10.1. The molecule has 0 unspecified atom stereocenters. The highest BCUT2D eigenvalue weighted by Crippen LogP contribution is 2.29. The van der Waals surface area contributed by atoms with Gasteiger partial charge in [0.1, 0.15) is 10.5 Å². The summed E-state index contributed by atoms with van der Waals surface area (Å²) in [5.41, 5.74) is 2.76. The molecule has 1 aromatic carbocycles. The molecule has 0 aliphatic rings. The summed E-state index contributed by atoms with van der Waals surface area (Å²) in [5.74, 6) is -0.0181. The van der Waals surface area contributed by atoms with Crippen molar-refractivity contribution in [2.24, 2.45) is 5.92 Å². The maximum atomic E-state index is 11.8. The lowest BCUT2D eigenvalue weighted by atomic mass is 10.1. The van der Waals surface area contributed by atoms with Crippen LogP contribution in [0.2, 0.25) is 0 Å². The third-order valence-electron chi connectivity index (χ3n) is 3.12. The largest absolute Gasteiger partial charge is 0.326 e. The molecule has 0 spiro atoms. The van der Waals surface area contributed by atoms with E-state index in [-0.39, 0.29) is 11.8 Å². The van der Waals surface area contributed by atoms with Crippen molar-refractivity contribution in [3.63, 3.8) is 0 Å². The van der Waals surface area contributed by atoms with Gasteiger partial charge in [-0.05, 0) is 29.5 Å². The number of H-pyrrole nitrogens is 1. The zero-order valence-corrected chi connectivity index (χ0v) is 12.7. The van der Waals surface area contributed by atoms with Crippen LogP contribution in [0.3, 0.4) is 0 Å². The molecule has 106 valence electrons. The highest BCUT2D eigenvalue weighted by atomic mass is 32.1. The van der Waals surface area contributed by atoms with Crippen LogP contribution in [0.1, 0.15) is 13.8 Å². The van der Waals surface area contributed by atoms with E-state index in [1.54, 1.807) is 11.3 Å². The number of benzene rings is 1. The number of amides is 1. The van der Waals surface area contributed by atoms with Gasteiger partial charge in [0.25, 0.3) is 4.83 Å². The van der Waals surface area contributed by atoms with E-state index < -0.39 is 0 Å². The van der Waals surface area contributed by atoms with E-state index in [9.17, 15) is 4.79 Å². The highest BCUT2D eigenvalue weighted by Gasteiger charge is 2.12. The average molecular weight is 298 g/mol. The second-order valence-electron chi connectivity index (χ2n) is 5.13. The summed E-state index contributed by atoms with van der Waals surface area (Å²) in [6.45, 7) is 3.76. The number of pyridine rings is 1. The molecule has 0 saturated heterocycles. The van der Waals surface area contributed by atoms with Crippen molar-refractivity contribution in [2.75, 3.05) is 5.32 Å². The SMILES string of the molecule is CC(C)C(=O)Nc1cccc(-c2nc3ccc[nH+]c3s2)c1. The molecule has 0 radical (unpaired) electrons. The minimum atomic E-state index is -0.0364. The van der Waals surface area contributed by atoms with Crippen LogP contribution in [0.25, 0.3) is 20.9 Å². The lowest BCUT2D eigenvalue weighted by molar-refractivity contribution is -0.341. The zero-order valence-electron chi connectivity index (χ0n) is 11.9. The van der Waals surface area contributed by atoms with Crippen LogP contribution in [-0.2, 0) is 4.79 Å². The average Bonchev–Trinajstić information content (AvgIpc) is 2.91. The Morgan fingerprint density at radius 2 is 2.14 bits per heavy atom. The van der Waals surface area contributed by atoms with Gasteiger partial charge in [0.2, 0.25) is 5.91 Å². The van der Waals surface area contributed by atoms with Crippen molar-refractivity contribution in [1.29, 1.82) is 0 Å². The summed E-state index contributed by atoms with van der Waals surface area (Å²) < 4.78 is 0. The van der Waals surface area contributed by atoms with Crippen molar-refractivity contribution >= 4 is 33.3 Å². The fraction of sp³-hybridized carbons (Fsp3) is 0.188. The molecule has 0 aliphatic carbocycles. The first-order valence-corrected chi connectivity index (χ1v) is 7.63. The van der Waals surface area contributed by atoms with E-state index in [1.807, 2.05) is 56.4 Å². The van der Waals surface area contributed by atoms with Gasteiger partial charge in [-0.25, -0.2) is 9.97 Å². The zero-order chi connectivity index (χ0) is 14.8. The Kier molecular flexibility index (Phi) is 3.66. The summed E-state index contributed by atoms with van der Waals surface area (Å²) in [6.07, 6.45) is 1.89. The Bertz CT molecular complexity index is 762. The van der Waals surface area contributed by atoms with Gasteiger partial charge in [-0.1, -0.05) is 26.0 Å². The van der Waals surface area contributed by atoms with Crippen LogP contribution in [0.5, 0.6) is 0 Å². The van der Waals surface area contributed by atoms with Gasteiger partial charge in [-0.15, -0.1) is 0 Å². The number of nitrogens with zero attached hydrogens (tertiary/aromatic N) is 1. The molecular weight excluding hydrogens is 282 g/mol. The molecule has 4 nitrogen and oxygen atoms in total. The summed E-state index contributed by atoms with van der Waals surface area (Å²) in [4.78, 5) is 20.6. The molecule has 1 amide bonds. The number of hydrogen-bond acceptors (Lipinski definition) is 3. The Hall–Kier alpha value is -2.27. The maximum Gasteiger partial charge on any atom is 0.287 e. The van der Waals surface area contributed by atoms with E-state index in [2.05, 4.69) is 15.3 Å². The van der Waals surface area contributed by atoms with Crippen LogP contribution in [0.4, 0.5) is 5.69 Å². The third-order valence-corrected chi connectivity index (χ3v) is 4.17. The van der Waals surface area contributed by atoms with Gasteiger partial charge in [0.15, 0.2) is 6.20 Å². The molecule has 3 aromatic rings. The van der Waals surface area contributed by atoms with Crippen molar-refractivity contribution in [2.45, 2.75) is 13.8 Å². The summed E-state index contributed by atoms with van der Waals surface area (Å²) in [5, 5.41) is 3.85. The smallest absolute Gasteiger partial charge is 0.287 e. The van der Waals surface area contributed by atoms with Gasteiger partial charge >= 0.3 is 0 Å². The van der Waals surface area contributed by atoms with E-state index in [0.717, 1.165) is 26.6 Å². The maximum absolute atomic E-state index is 11.8. The van der Waals surface area contributed by atoms with Gasteiger partial charge in [0, 0.05) is 23.2 Å². The Balaban J connectivity index is 1.93. The highest BCUT2D eigenvalue weighted by molar-refractivity contribution is 7.20. The molecule has 2 heterocycles. The number of carbonyl (C=O) groups excluding carboxylic acids is 1. The van der Waals surface area contributed by atoms with Gasteiger partial charge < -0.3 is 5.32 Å². The van der Waals surface area contributed by atoms with Crippen LogP contribution in [-0.4, -0.2) is 10.9 Å². The Labute approximate surface area is 126 Å². The number of anilines is 1. The van der Waals surface area contributed by atoms with E-state index >= 15 is 0 Å². The van der Waals surface area contributed by atoms with E-state index in [4.69, 9.17) is 0 Å². The second-order valence-corrected chi connectivity index (χ2v) is 6.13. The molecule has 0 saturated carbocycles. The molecule has 2 N–H and O–H groups in total. The number of aromatic nitrogens is 2. The molecular formula is C16H16N3OS+. The molecule has 0 atom stereocenters. The van der Waals surface area contributed by atoms with E-state index in [1.165, 1.54) is 0 Å². The first kappa shape index (κ1) is 13.7. The predicted octanol–water partition coefficient (Wildman–Crippen LogP) is 3.37. The number of thiazole rings is 1. The molecule has 0 fully saturated rings. The monoisotopic (exact) mass is 298 g/mol. The minimum Gasteiger partial charge on any atom is -0.326 e. The van der Waals surface area contributed by atoms with Crippen LogP contribution in [0.15, 0.2) is 42.6 Å². The van der Waals surface area contributed by atoms with Crippen LogP contribution < -0.4 is 10.3 Å². The summed E-state index contributed by atoms with van der Waals surface area (Å²) in [6, 6.07) is 11.7. The standard InChI is InChI=1S/C16H15N3OS/c1-10(2)14(20)18-12-6-3-5-11(9-12)15-19-13-7-4-8-17-16(13)21-15/h3-10H,1-2H3,(H,18,20)/p+1. The Morgan fingerprint density at radius 3 is 2.90 bits per heavy atom. The lowest BCUT2D eigenvalue weighted by Crippen LogP contribution is -2.17. The van der Waals surface area contributed by atoms with Gasteiger partial charge in [-0.2, -0.15) is 0 Å². The number of aromatic amines is 1. The van der Waals surface area contributed by atoms with Crippen LogP contribution >= 0.6 is 11.3 Å². The number of rotatable bonds is 3. The van der Waals surface area contributed by atoms with E-state index in [0.29, 0.717) is 0 Å². The topological polar surface area (TPSA) is 56.1 Å². The summed E-state index contributed by atoms with van der Waals surface area (Å²) in [7, 11) is 0. The number of fused-ring (bicyclic) bond motifs is 1. The van der Waals surface area contributed by atoms with Crippen molar-refractivity contribution in [3.8, 4) is 10.6 Å². The van der Waals surface area contributed by atoms with Crippen molar-refractivity contribution in [1.82, 2.24) is 4.98 Å². The molecule has 21 heavy (non-hydrogen) atoms.